The van der Waals surface area contributed by atoms with Crippen molar-refractivity contribution in [3.8, 4) is 11.3 Å². The topological polar surface area (TPSA) is 54.6 Å². The number of carbonyl (C=O) groups is 1. The van der Waals surface area contributed by atoms with Crippen molar-refractivity contribution in [3.05, 3.63) is 58.3 Å². The van der Waals surface area contributed by atoms with Crippen molar-refractivity contribution in [2.45, 2.75) is 0 Å². The lowest BCUT2D eigenvalue weighted by Gasteiger charge is -2.00. The molecule has 2 aromatic heterocycles. The molecule has 3 aromatic rings. The number of nitrogens with zero attached hydrogens (tertiary/aromatic N) is 2. The van der Waals surface area contributed by atoms with Gasteiger partial charge in [-0.2, -0.15) is 0 Å². The molecule has 2 heterocycles. The van der Waals surface area contributed by atoms with Crippen LogP contribution in [-0.4, -0.2) is 20.5 Å². The summed E-state index contributed by atoms with van der Waals surface area (Å²) in [5.41, 5.74) is 2.07. The van der Waals surface area contributed by atoms with Crippen molar-refractivity contribution in [1.82, 2.24) is 9.38 Å². The molecule has 0 fully saturated rings. The average molecular weight is 307 g/mol. The Kier molecular flexibility index (Phi) is 3.12. The maximum Gasteiger partial charge on any atom is 0.335 e. The Labute approximate surface area is 124 Å². The first-order valence-corrected chi connectivity index (χ1v) is 6.47. The minimum absolute atomic E-state index is 0.187. The van der Waals surface area contributed by atoms with Gasteiger partial charge >= 0.3 is 5.97 Å². The van der Waals surface area contributed by atoms with Crippen LogP contribution in [0.3, 0.4) is 0 Å². The second kappa shape index (κ2) is 4.81. The first-order valence-electron chi connectivity index (χ1n) is 5.72. The normalized spacial score (nSPS) is 10.9. The van der Waals surface area contributed by atoms with Gasteiger partial charge in [-0.15, -0.1) is 0 Å². The summed E-state index contributed by atoms with van der Waals surface area (Å²) in [7, 11) is 0. The SMILES string of the molecule is O=C(O)c1ccn2cc(-c3cc(Cl)ccc3Cl)nc2c1. The van der Waals surface area contributed by atoms with Gasteiger partial charge in [0.15, 0.2) is 0 Å². The summed E-state index contributed by atoms with van der Waals surface area (Å²) in [5.74, 6) is -0.988. The highest BCUT2D eigenvalue weighted by Gasteiger charge is 2.11. The fraction of sp³-hybridized carbons (Fsp3) is 0. The van der Waals surface area contributed by atoms with Crippen LogP contribution >= 0.6 is 23.2 Å². The van der Waals surface area contributed by atoms with Crippen LogP contribution in [0.15, 0.2) is 42.7 Å². The maximum absolute atomic E-state index is 10.9. The van der Waals surface area contributed by atoms with Gasteiger partial charge in [0.25, 0.3) is 0 Å². The van der Waals surface area contributed by atoms with Crippen molar-refractivity contribution >= 4 is 34.8 Å². The zero-order valence-electron chi connectivity index (χ0n) is 10.0. The molecule has 0 radical (unpaired) electrons. The molecule has 100 valence electrons. The highest BCUT2D eigenvalue weighted by atomic mass is 35.5. The van der Waals surface area contributed by atoms with E-state index in [-0.39, 0.29) is 5.56 Å². The van der Waals surface area contributed by atoms with Crippen molar-refractivity contribution in [3.63, 3.8) is 0 Å². The Morgan fingerprint density at radius 1 is 1.20 bits per heavy atom. The Balaban J connectivity index is 2.17. The van der Waals surface area contributed by atoms with Gasteiger partial charge in [0.05, 0.1) is 16.3 Å². The monoisotopic (exact) mass is 306 g/mol. The fourth-order valence-electron chi connectivity index (χ4n) is 1.94. The van der Waals surface area contributed by atoms with E-state index in [0.717, 1.165) is 0 Å². The largest absolute Gasteiger partial charge is 0.478 e. The number of rotatable bonds is 2. The predicted octanol–water partition coefficient (Wildman–Crippen LogP) is 4.01. The quantitative estimate of drug-likeness (QED) is 0.778. The molecule has 0 aliphatic heterocycles. The predicted molar refractivity (Wildman–Crippen MR) is 77.6 cm³/mol. The van der Waals surface area contributed by atoms with Crippen molar-refractivity contribution in [1.29, 1.82) is 0 Å². The van der Waals surface area contributed by atoms with Crippen LogP contribution < -0.4 is 0 Å². The van der Waals surface area contributed by atoms with E-state index in [1.165, 1.54) is 12.1 Å². The molecule has 4 nitrogen and oxygen atoms in total. The van der Waals surface area contributed by atoms with Crippen LogP contribution in [0, 0.1) is 0 Å². The second-order valence-electron chi connectivity index (χ2n) is 4.24. The van der Waals surface area contributed by atoms with E-state index in [1.807, 2.05) is 0 Å². The summed E-state index contributed by atoms with van der Waals surface area (Å²) in [6.07, 6.45) is 3.42. The van der Waals surface area contributed by atoms with E-state index in [1.54, 1.807) is 35.0 Å². The van der Waals surface area contributed by atoms with Crippen molar-refractivity contribution in [2.24, 2.45) is 0 Å². The Morgan fingerprint density at radius 2 is 2.00 bits per heavy atom. The molecular weight excluding hydrogens is 299 g/mol. The molecule has 0 unspecified atom stereocenters. The van der Waals surface area contributed by atoms with Crippen molar-refractivity contribution in [2.75, 3.05) is 0 Å². The van der Waals surface area contributed by atoms with Gasteiger partial charge in [-0.05, 0) is 30.3 Å². The molecule has 0 atom stereocenters. The van der Waals surface area contributed by atoms with Crippen LogP contribution in [-0.2, 0) is 0 Å². The fourth-order valence-corrected chi connectivity index (χ4v) is 2.32. The van der Waals surface area contributed by atoms with Gasteiger partial charge < -0.3 is 9.51 Å². The molecular formula is C14H8Cl2N2O2. The molecule has 0 saturated carbocycles. The standard InChI is InChI=1S/C14H8Cl2N2O2/c15-9-1-2-11(16)10(6-9)12-7-18-4-3-8(14(19)20)5-13(18)17-12/h1-7H,(H,19,20). The summed E-state index contributed by atoms with van der Waals surface area (Å²) >= 11 is 12.1. The number of hydrogen-bond donors (Lipinski definition) is 1. The lowest BCUT2D eigenvalue weighted by Crippen LogP contribution is -1.96. The summed E-state index contributed by atoms with van der Waals surface area (Å²) < 4.78 is 1.74. The highest BCUT2D eigenvalue weighted by molar-refractivity contribution is 6.35. The average Bonchev–Trinajstić information content (AvgIpc) is 2.83. The molecule has 0 spiro atoms. The van der Waals surface area contributed by atoms with E-state index in [4.69, 9.17) is 28.3 Å². The van der Waals surface area contributed by atoms with Crippen LogP contribution in [0.25, 0.3) is 16.9 Å². The first kappa shape index (κ1) is 13.0. The number of pyridine rings is 1. The zero-order valence-corrected chi connectivity index (χ0v) is 11.6. The van der Waals surface area contributed by atoms with Gasteiger partial charge in [-0.3, -0.25) is 0 Å². The minimum atomic E-state index is -0.988. The molecule has 3 rings (SSSR count). The second-order valence-corrected chi connectivity index (χ2v) is 5.08. The summed E-state index contributed by atoms with van der Waals surface area (Å²) in [5, 5.41) is 10.1. The molecule has 0 amide bonds. The molecule has 1 aromatic carbocycles. The Hall–Kier alpha value is -2.04. The summed E-state index contributed by atoms with van der Waals surface area (Å²) in [6, 6.07) is 8.14. The molecule has 1 N–H and O–H groups in total. The van der Waals surface area contributed by atoms with Gasteiger partial charge in [0, 0.05) is 23.0 Å². The minimum Gasteiger partial charge on any atom is -0.478 e. The number of imidazole rings is 1. The van der Waals surface area contributed by atoms with Gasteiger partial charge in [0.2, 0.25) is 0 Å². The number of carboxylic acids is 1. The summed E-state index contributed by atoms with van der Waals surface area (Å²) in [4.78, 5) is 15.3. The third-order valence-corrected chi connectivity index (χ3v) is 3.48. The number of aromatic nitrogens is 2. The van der Waals surface area contributed by atoms with E-state index >= 15 is 0 Å². The molecule has 6 heteroatoms. The van der Waals surface area contributed by atoms with E-state index in [2.05, 4.69) is 4.98 Å². The lowest BCUT2D eigenvalue weighted by molar-refractivity contribution is 0.0697. The number of hydrogen-bond acceptors (Lipinski definition) is 2. The number of halogens is 2. The third kappa shape index (κ3) is 2.24. The first-order chi connectivity index (χ1) is 9.54. The number of aromatic carboxylic acids is 1. The number of benzene rings is 1. The Morgan fingerprint density at radius 3 is 2.75 bits per heavy atom. The van der Waals surface area contributed by atoms with E-state index in [9.17, 15) is 4.79 Å². The highest BCUT2D eigenvalue weighted by Crippen LogP contribution is 2.30. The molecule has 0 aliphatic rings. The van der Waals surface area contributed by atoms with Crippen molar-refractivity contribution < 1.29 is 9.90 Å². The zero-order chi connectivity index (χ0) is 14.3. The smallest absolute Gasteiger partial charge is 0.335 e. The number of carboxylic acid groups (broad SMARTS) is 1. The van der Waals surface area contributed by atoms with Gasteiger partial charge in [-0.1, -0.05) is 23.2 Å². The Bertz CT molecular complexity index is 827. The summed E-state index contributed by atoms with van der Waals surface area (Å²) in [6.45, 7) is 0. The van der Waals surface area contributed by atoms with Crippen LogP contribution in [0.2, 0.25) is 10.0 Å². The van der Waals surface area contributed by atoms with Crippen LogP contribution in [0.5, 0.6) is 0 Å². The van der Waals surface area contributed by atoms with Crippen LogP contribution in [0.1, 0.15) is 10.4 Å². The lowest BCUT2D eigenvalue weighted by atomic mass is 10.2. The molecule has 0 aliphatic carbocycles. The molecule has 0 saturated heterocycles. The van der Waals surface area contributed by atoms with E-state index < -0.39 is 5.97 Å². The van der Waals surface area contributed by atoms with Gasteiger partial charge in [0.1, 0.15) is 5.65 Å². The third-order valence-electron chi connectivity index (χ3n) is 2.91. The molecule has 20 heavy (non-hydrogen) atoms. The van der Waals surface area contributed by atoms with E-state index in [0.29, 0.717) is 26.9 Å². The van der Waals surface area contributed by atoms with Crippen LogP contribution in [0.4, 0.5) is 0 Å². The number of fused-ring (bicyclic) bond motifs is 1. The molecule has 0 bridgehead atoms. The maximum atomic E-state index is 10.9. The van der Waals surface area contributed by atoms with Gasteiger partial charge in [-0.25, -0.2) is 9.78 Å².